The second-order valence-corrected chi connectivity index (χ2v) is 4.99. The minimum atomic E-state index is 0.0906. The second-order valence-electron chi connectivity index (χ2n) is 4.99. The van der Waals surface area contributed by atoms with Crippen molar-refractivity contribution in [2.75, 3.05) is 7.05 Å². The maximum absolute atomic E-state index is 11.9. The molecule has 1 aromatic heterocycles. The summed E-state index contributed by atoms with van der Waals surface area (Å²) in [4.78, 5) is 11.9. The highest BCUT2D eigenvalue weighted by atomic mass is 16.1. The van der Waals surface area contributed by atoms with Crippen LogP contribution in [0.2, 0.25) is 0 Å². The summed E-state index contributed by atoms with van der Waals surface area (Å²) in [6, 6.07) is 8.06. The van der Waals surface area contributed by atoms with Crippen LogP contribution in [0.15, 0.2) is 35.3 Å². The van der Waals surface area contributed by atoms with Crippen LogP contribution in [-0.4, -0.2) is 11.6 Å². The van der Waals surface area contributed by atoms with Crippen LogP contribution in [0.4, 0.5) is 0 Å². The SMILES string of the molecule is CNCc1cn(-c2ccc(C)cc2C)c(C)cc1=O. The Balaban J connectivity index is 2.61. The molecule has 0 aliphatic rings. The van der Waals surface area contributed by atoms with E-state index in [9.17, 15) is 4.79 Å². The van der Waals surface area contributed by atoms with Crippen LogP contribution >= 0.6 is 0 Å². The third-order valence-corrected chi connectivity index (χ3v) is 3.30. The average molecular weight is 256 g/mol. The molecule has 0 atom stereocenters. The van der Waals surface area contributed by atoms with E-state index in [0.29, 0.717) is 6.54 Å². The van der Waals surface area contributed by atoms with Gasteiger partial charge in [-0.3, -0.25) is 4.79 Å². The van der Waals surface area contributed by atoms with Crippen molar-refractivity contribution in [1.29, 1.82) is 0 Å². The minimum Gasteiger partial charge on any atom is -0.320 e. The monoisotopic (exact) mass is 256 g/mol. The Morgan fingerprint density at radius 3 is 2.53 bits per heavy atom. The fourth-order valence-electron chi connectivity index (χ4n) is 2.33. The second kappa shape index (κ2) is 5.41. The number of rotatable bonds is 3. The van der Waals surface area contributed by atoms with E-state index in [0.717, 1.165) is 16.9 Å². The molecular weight excluding hydrogens is 236 g/mol. The average Bonchev–Trinajstić information content (AvgIpc) is 2.34. The van der Waals surface area contributed by atoms with Gasteiger partial charge in [0.1, 0.15) is 0 Å². The normalized spacial score (nSPS) is 10.7. The molecule has 2 rings (SSSR count). The molecule has 0 spiro atoms. The first kappa shape index (κ1) is 13.6. The van der Waals surface area contributed by atoms with Gasteiger partial charge in [-0.25, -0.2) is 0 Å². The van der Waals surface area contributed by atoms with Crippen molar-refractivity contribution in [2.45, 2.75) is 27.3 Å². The number of hydrogen-bond acceptors (Lipinski definition) is 2. The van der Waals surface area contributed by atoms with Crippen molar-refractivity contribution in [2.24, 2.45) is 0 Å². The highest BCUT2D eigenvalue weighted by molar-refractivity contribution is 5.44. The lowest BCUT2D eigenvalue weighted by molar-refractivity contribution is 0.793. The summed E-state index contributed by atoms with van der Waals surface area (Å²) < 4.78 is 2.09. The van der Waals surface area contributed by atoms with Crippen LogP contribution in [0.5, 0.6) is 0 Å². The van der Waals surface area contributed by atoms with Gasteiger partial charge in [-0.15, -0.1) is 0 Å². The van der Waals surface area contributed by atoms with E-state index >= 15 is 0 Å². The molecule has 0 saturated heterocycles. The van der Waals surface area contributed by atoms with E-state index in [2.05, 4.69) is 41.9 Å². The Morgan fingerprint density at radius 1 is 1.16 bits per heavy atom. The summed E-state index contributed by atoms with van der Waals surface area (Å²) in [5, 5.41) is 3.03. The highest BCUT2D eigenvalue weighted by Gasteiger charge is 2.07. The van der Waals surface area contributed by atoms with Gasteiger partial charge in [0.2, 0.25) is 0 Å². The fraction of sp³-hybridized carbons (Fsp3) is 0.312. The van der Waals surface area contributed by atoms with Crippen LogP contribution < -0.4 is 10.7 Å². The molecule has 0 aliphatic heterocycles. The van der Waals surface area contributed by atoms with Crippen molar-refractivity contribution < 1.29 is 0 Å². The molecule has 0 unspecified atom stereocenters. The Labute approximate surface area is 113 Å². The third-order valence-electron chi connectivity index (χ3n) is 3.30. The standard InChI is InChI=1S/C16H20N2O/c1-11-5-6-15(12(2)7-11)18-10-14(9-17-4)16(19)8-13(18)3/h5-8,10,17H,9H2,1-4H3. The van der Waals surface area contributed by atoms with Gasteiger partial charge in [0.05, 0.1) is 0 Å². The van der Waals surface area contributed by atoms with E-state index in [1.54, 1.807) is 6.07 Å². The number of nitrogens with one attached hydrogen (secondary N) is 1. The Morgan fingerprint density at radius 2 is 1.89 bits per heavy atom. The van der Waals surface area contributed by atoms with Crippen molar-refractivity contribution in [1.82, 2.24) is 9.88 Å². The van der Waals surface area contributed by atoms with E-state index in [1.165, 1.54) is 11.1 Å². The quantitative estimate of drug-likeness (QED) is 0.915. The molecule has 3 heteroatoms. The van der Waals surface area contributed by atoms with Crippen LogP contribution in [-0.2, 0) is 6.54 Å². The van der Waals surface area contributed by atoms with Gasteiger partial charge in [0.25, 0.3) is 0 Å². The predicted molar refractivity (Wildman–Crippen MR) is 79.0 cm³/mol. The Bertz CT molecular complexity index is 656. The van der Waals surface area contributed by atoms with Crippen LogP contribution in [0.3, 0.4) is 0 Å². The Kier molecular flexibility index (Phi) is 3.86. The summed E-state index contributed by atoms with van der Waals surface area (Å²) in [5.41, 5.74) is 5.41. The Hall–Kier alpha value is -1.87. The molecule has 0 saturated carbocycles. The highest BCUT2D eigenvalue weighted by Crippen LogP contribution is 2.17. The van der Waals surface area contributed by atoms with Crippen molar-refractivity contribution >= 4 is 0 Å². The van der Waals surface area contributed by atoms with Crippen LogP contribution in [0.1, 0.15) is 22.4 Å². The van der Waals surface area contributed by atoms with Crippen molar-refractivity contribution in [3.05, 3.63) is 63.1 Å². The number of aromatic nitrogens is 1. The molecule has 0 fully saturated rings. The van der Waals surface area contributed by atoms with Crippen LogP contribution in [0, 0.1) is 20.8 Å². The lowest BCUT2D eigenvalue weighted by Gasteiger charge is -2.15. The number of hydrogen-bond donors (Lipinski definition) is 1. The van der Waals surface area contributed by atoms with Gasteiger partial charge in [-0.2, -0.15) is 0 Å². The zero-order chi connectivity index (χ0) is 14.0. The first-order chi connectivity index (χ1) is 9.02. The molecule has 1 heterocycles. The first-order valence-electron chi connectivity index (χ1n) is 6.47. The van der Waals surface area contributed by atoms with Gasteiger partial charge in [0, 0.05) is 35.8 Å². The van der Waals surface area contributed by atoms with Crippen LogP contribution in [0.25, 0.3) is 5.69 Å². The van der Waals surface area contributed by atoms with E-state index in [1.807, 2.05) is 20.2 Å². The number of benzene rings is 1. The molecule has 2 aromatic rings. The summed E-state index contributed by atoms with van der Waals surface area (Å²) >= 11 is 0. The molecule has 1 aromatic carbocycles. The summed E-state index contributed by atoms with van der Waals surface area (Å²) in [6.45, 7) is 6.73. The largest absolute Gasteiger partial charge is 0.320 e. The molecule has 0 aliphatic carbocycles. The maximum Gasteiger partial charge on any atom is 0.186 e. The van der Waals surface area contributed by atoms with Crippen molar-refractivity contribution in [3.63, 3.8) is 0 Å². The predicted octanol–water partition coefficient (Wildman–Crippen LogP) is 2.48. The molecule has 0 amide bonds. The van der Waals surface area contributed by atoms with Gasteiger partial charge in [-0.05, 0) is 39.4 Å². The lowest BCUT2D eigenvalue weighted by atomic mass is 10.1. The smallest absolute Gasteiger partial charge is 0.186 e. The molecule has 1 N–H and O–H groups in total. The van der Waals surface area contributed by atoms with Gasteiger partial charge in [0.15, 0.2) is 5.43 Å². The van der Waals surface area contributed by atoms with Gasteiger partial charge < -0.3 is 9.88 Å². The molecule has 19 heavy (non-hydrogen) atoms. The van der Waals surface area contributed by atoms with E-state index in [4.69, 9.17) is 0 Å². The van der Waals surface area contributed by atoms with Crippen molar-refractivity contribution in [3.8, 4) is 5.69 Å². The maximum atomic E-state index is 11.9. The molecule has 100 valence electrons. The summed E-state index contributed by atoms with van der Waals surface area (Å²) in [6.07, 6.45) is 1.94. The minimum absolute atomic E-state index is 0.0906. The fourth-order valence-corrected chi connectivity index (χ4v) is 2.33. The zero-order valence-electron chi connectivity index (χ0n) is 11.9. The molecular formula is C16H20N2O. The topological polar surface area (TPSA) is 34.0 Å². The van der Waals surface area contributed by atoms with Gasteiger partial charge in [-0.1, -0.05) is 17.7 Å². The van der Waals surface area contributed by atoms with E-state index < -0.39 is 0 Å². The first-order valence-corrected chi connectivity index (χ1v) is 6.47. The summed E-state index contributed by atoms with van der Waals surface area (Å²) in [7, 11) is 1.85. The molecule has 0 radical (unpaired) electrons. The zero-order valence-corrected chi connectivity index (χ0v) is 11.9. The number of nitrogens with zero attached hydrogens (tertiary/aromatic N) is 1. The summed E-state index contributed by atoms with van der Waals surface area (Å²) in [5.74, 6) is 0. The number of aryl methyl sites for hydroxylation is 3. The van der Waals surface area contributed by atoms with E-state index in [-0.39, 0.29) is 5.43 Å². The molecule has 3 nitrogen and oxygen atoms in total. The third kappa shape index (κ3) is 2.76. The van der Waals surface area contributed by atoms with Gasteiger partial charge >= 0.3 is 0 Å². The molecule has 0 bridgehead atoms. The number of pyridine rings is 1. The lowest BCUT2D eigenvalue weighted by Crippen LogP contribution is -2.19.